The summed E-state index contributed by atoms with van der Waals surface area (Å²) >= 11 is 0. The Kier molecular flexibility index (Phi) is 5.30. The highest BCUT2D eigenvalue weighted by Crippen LogP contribution is 2.40. The highest BCUT2D eigenvalue weighted by Gasteiger charge is 2.26. The van der Waals surface area contributed by atoms with Crippen molar-refractivity contribution < 1.29 is 13.9 Å². The van der Waals surface area contributed by atoms with Gasteiger partial charge in [0.15, 0.2) is 0 Å². The Morgan fingerprint density at radius 2 is 2.09 bits per heavy atom. The van der Waals surface area contributed by atoms with Gasteiger partial charge >= 0.3 is 5.97 Å². The van der Waals surface area contributed by atoms with Gasteiger partial charge in [0, 0.05) is 0 Å². The van der Waals surface area contributed by atoms with E-state index in [4.69, 9.17) is 4.42 Å². The second kappa shape index (κ2) is 7.03. The molecule has 0 spiro atoms. The molecule has 0 aromatic carbocycles. The summed E-state index contributed by atoms with van der Waals surface area (Å²) in [6, 6.07) is 3.41. The molecule has 1 aliphatic carbocycles. The average molecular weight is 314 g/mol. The van der Waals surface area contributed by atoms with Crippen LogP contribution < -0.4 is 0 Å². The van der Waals surface area contributed by atoms with Crippen molar-refractivity contribution in [2.24, 2.45) is 5.41 Å². The van der Waals surface area contributed by atoms with Gasteiger partial charge in [-0.15, -0.1) is 0 Å². The van der Waals surface area contributed by atoms with Crippen LogP contribution >= 0.6 is 0 Å². The van der Waals surface area contributed by atoms with Crippen LogP contribution in [-0.2, 0) is 4.74 Å². The van der Waals surface area contributed by atoms with E-state index in [1.165, 1.54) is 37.5 Å². The number of furan rings is 1. The lowest BCUT2D eigenvalue weighted by Gasteiger charge is -2.32. The van der Waals surface area contributed by atoms with Gasteiger partial charge in [-0.1, -0.05) is 31.6 Å². The molecule has 23 heavy (non-hydrogen) atoms. The molecule has 2 rings (SSSR count). The van der Waals surface area contributed by atoms with E-state index in [-0.39, 0.29) is 11.2 Å². The van der Waals surface area contributed by atoms with Gasteiger partial charge in [-0.25, -0.2) is 4.79 Å². The largest absolute Gasteiger partial charge is 0.463 e. The molecule has 1 heterocycles. The van der Waals surface area contributed by atoms with Crippen LogP contribution in [0.3, 0.4) is 0 Å². The molecule has 0 fully saturated rings. The molecule has 0 atom stereocenters. The first kappa shape index (κ1) is 17.3. The lowest BCUT2D eigenvalue weighted by Crippen LogP contribution is -2.19. The normalized spacial score (nSPS) is 18.6. The molecule has 0 N–H and O–H groups in total. The summed E-state index contributed by atoms with van der Waals surface area (Å²) in [7, 11) is 1.34. The van der Waals surface area contributed by atoms with Gasteiger partial charge in [0.05, 0.1) is 7.11 Å². The topological polar surface area (TPSA) is 39.4 Å². The molecular weight excluding hydrogens is 288 g/mol. The number of carbonyl (C=O) groups is 1. The van der Waals surface area contributed by atoms with E-state index in [0.717, 1.165) is 5.57 Å². The van der Waals surface area contributed by atoms with E-state index in [1.54, 1.807) is 12.1 Å². The summed E-state index contributed by atoms with van der Waals surface area (Å²) in [4.78, 5) is 11.4. The maximum atomic E-state index is 11.4. The monoisotopic (exact) mass is 314 g/mol. The zero-order valence-electron chi connectivity index (χ0n) is 14.7. The van der Waals surface area contributed by atoms with Crippen molar-refractivity contribution in [2.45, 2.75) is 47.0 Å². The molecule has 0 unspecified atom stereocenters. The van der Waals surface area contributed by atoms with E-state index >= 15 is 0 Å². The molecule has 1 aromatic rings. The maximum Gasteiger partial charge on any atom is 0.373 e. The minimum absolute atomic E-state index is 0.225. The first-order chi connectivity index (χ1) is 10.8. The fourth-order valence-electron chi connectivity index (χ4n) is 3.14. The fraction of sp³-hybridized carbons (Fsp3) is 0.450. The standard InChI is InChI=1S/C20H26O3/c1-14(13-16-9-11-18(23-16)19(21)22-5)8-10-17-15(2)7-6-12-20(17,3)4/h8-11,13H,6-7,12H2,1-5H3/b10-8?,14-13+. The number of hydrogen-bond donors (Lipinski definition) is 0. The number of esters is 1. The number of methoxy groups -OCH3 is 1. The van der Waals surface area contributed by atoms with Gasteiger partial charge < -0.3 is 9.15 Å². The summed E-state index contributed by atoms with van der Waals surface area (Å²) in [5.41, 5.74) is 4.24. The minimum atomic E-state index is -0.456. The Balaban J connectivity index is 2.16. The first-order valence-corrected chi connectivity index (χ1v) is 8.08. The second-order valence-corrected chi connectivity index (χ2v) is 6.85. The summed E-state index contributed by atoms with van der Waals surface area (Å²) < 4.78 is 10.1. The van der Waals surface area contributed by atoms with Crippen molar-refractivity contribution in [3.63, 3.8) is 0 Å². The van der Waals surface area contributed by atoms with Crippen LogP contribution in [0.2, 0.25) is 0 Å². The van der Waals surface area contributed by atoms with Gasteiger partial charge in [-0.3, -0.25) is 0 Å². The molecule has 124 valence electrons. The van der Waals surface area contributed by atoms with Crippen LogP contribution in [-0.4, -0.2) is 13.1 Å². The maximum absolute atomic E-state index is 11.4. The van der Waals surface area contributed by atoms with Gasteiger partial charge in [-0.05, 0) is 67.9 Å². The minimum Gasteiger partial charge on any atom is -0.463 e. The Morgan fingerprint density at radius 3 is 2.74 bits per heavy atom. The molecule has 0 aliphatic heterocycles. The highest BCUT2D eigenvalue weighted by atomic mass is 16.5. The summed E-state index contributed by atoms with van der Waals surface area (Å²) in [5, 5.41) is 0. The first-order valence-electron chi connectivity index (χ1n) is 8.08. The predicted molar refractivity (Wildman–Crippen MR) is 93.2 cm³/mol. The average Bonchev–Trinajstić information content (AvgIpc) is 2.93. The van der Waals surface area contributed by atoms with Gasteiger partial charge in [0.1, 0.15) is 5.76 Å². The van der Waals surface area contributed by atoms with Crippen molar-refractivity contribution in [3.8, 4) is 0 Å². The summed E-state index contributed by atoms with van der Waals surface area (Å²) in [6.07, 6.45) is 9.96. The van der Waals surface area contributed by atoms with Crippen LogP contribution in [0.25, 0.3) is 6.08 Å². The third-order valence-corrected chi connectivity index (χ3v) is 4.44. The van der Waals surface area contributed by atoms with Crippen LogP contribution in [0.1, 0.15) is 63.3 Å². The number of carbonyl (C=O) groups excluding carboxylic acids is 1. The molecule has 0 amide bonds. The van der Waals surface area contributed by atoms with E-state index < -0.39 is 5.97 Å². The Bertz CT molecular complexity index is 669. The Hall–Kier alpha value is -2.03. The van der Waals surface area contributed by atoms with Crippen LogP contribution in [0.4, 0.5) is 0 Å². The van der Waals surface area contributed by atoms with Gasteiger partial charge in [-0.2, -0.15) is 0 Å². The molecule has 1 aromatic heterocycles. The zero-order chi connectivity index (χ0) is 17.0. The second-order valence-electron chi connectivity index (χ2n) is 6.85. The smallest absolute Gasteiger partial charge is 0.373 e. The quantitative estimate of drug-likeness (QED) is 0.540. The predicted octanol–water partition coefficient (Wildman–Crippen LogP) is 5.55. The summed E-state index contributed by atoms with van der Waals surface area (Å²) in [6.45, 7) is 8.88. The number of allylic oxidation sites excluding steroid dienone is 5. The van der Waals surface area contributed by atoms with Crippen LogP contribution in [0, 0.1) is 5.41 Å². The number of hydrogen-bond acceptors (Lipinski definition) is 3. The molecule has 0 saturated carbocycles. The molecular formula is C20H26O3. The third kappa shape index (κ3) is 4.25. The van der Waals surface area contributed by atoms with Crippen molar-refractivity contribution >= 4 is 12.0 Å². The van der Waals surface area contributed by atoms with Crippen molar-refractivity contribution in [2.75, 3.05) is 7.11 Å². The van der Waals surface area contributed by atoms with Crippen molar-refractivity contribution in [1.82, 2.24) is 0 Å². The lowest BCUT2D eigenvalue weighted by atomic mass is 9.72. The van der Waals surface area contributed by atoms with E-state index in [1.807, 2.05) is 13.0 Å². The third-order valence-electron chi connectivity index (χ3n) is 4.44. The number of ether oxygens (including phenoxy) is 1. The SMILES string of the molecule is COC(=O)c1ccc(/C=C(\C)C=CC2=C(C)CCCC2(C)C)o1. The molecule has 0 saturated heterocycles. The lowest BCUT2D eigenvalue weighted by molar-refractivity contribution is 0.0564. The Morgan fingerprint density at radius 1 is 1.35 bits per heavy atom. The molecule has 0 radical (unpaired) electrons. The zero-order valence-corrected chi connectivity index (χ0v) is 14.7. The molecule has 0 bridgehead atoms. The number of rotatable bonds is 4. The van der Waals surface area contributed by atoms with E-state index in [9.17, 15) is 4.79 Å². The molecule has 3 nitrogen and oxygen atoms in total. The van der Waals surface area contributed by atoms with Gasteiger partial charge in [0.2, 0.25) is 5.76 Å². The highest BCUT2D eigenvalue weighted by molar-refractivity contribution is 5.86. The fourth-order valence-corrected chi connectivity index (χ4v) is 3.14. The van der Waals surface area contributed by atoms with Crippen LogP contribution in [0.5, 0.6) is 0 Å². The molecule has 3 heteroatoms. The Labute approximate surface area is 138 Å². The van der Waals surface area contributed by atoms with Crippen molar-refractivity contribution in [1.29, 1.82) is 0 Å². The van der Waals surface area contributed by atoms with E-state index in [2.05, 4.69) is 37.7 Å². The summed E-state index contributed by atoms with van der Waals surface area (Å²) in [5.74, 6) is 0.422. The van der Waals surface area contributed by atoms with Crippen molar-refractivity contribution in [3.05, 3.63) is 52.5 Å². The van der Waals surface area contributed by atoms with E-state index in [0.29, 0.717) is 5.76 Å². The molecule has 1 aliphatic rings. The van der Waals surface area contributed by atoms with Gasteiger partial charge in [0.25, 0.3) is 0 Å². The van der Waals surface area contributed by atoms with Crippen LogP contribution in [0.15, 0.2) is 45.4 Å².